The van der Waals surface area contributed by atoms with E-state index < -0.39 is 0 Å². The molecule has 1 aromatic carbocycles. The summed E-state index contributed by atoms with van der Waals surface area (Å²) < 4.78 is 6.23. The Balaban J connectivity index is 3.29. The fraction of sp³-hybridized carbons (Fsp3) is 0.667. The molecule has 0 amide bonds. The number of hydrogen-bond acceptors (Lipinski definition) is 2. The van der Waals surface area contributed by atoms with Crippen molar-refractivity contribution in [1.82, 2.24) is 5.32 Å². The maximum Gasteiger partial charge on any atom is 0.0871 e. The predicted octanol–water partition coefficient (Wildman–Crippen LogP) is 4.55. The molecule has 0 radical (unpaired) electrons. The Hall–Kier alpha value is -0.860. The topological polar surface area (TPSA) is 21.3 Å². The molecular formula is C18H31NO. The third kappa shape index (κ3) is 3.62. The Kier molecular flexibility index (Phi) is 6.70. The predicted molar refractivity (Wildman–Crippen MR) is 87.3 cm³/mol. The third-order valence-electron chi connectivity index (χ3n) is 4.31. The van der Waals surface area contributed by atoms with E-state index in [0.717, 1.165) is 26.0 Å². The molecule has 0 aliphatic rings. The Morgan fingerprint density at radius 2 is 1.75 bits per heavy atom. The van der Waals surface area contributed by atoms with Crippen LogP contribution in [0.15, 0.2) is 18.2 Å². The molecule has 2 heteroatoms. The van der Waals surface area contributed by atoms with Crippen LogP contribution in [0.2, 0.25) is 0 Å². The molecule has 1 unspecified atom stereocenters. The van der Waals surface area contributed by atoms with Gasteiger partial charge < -0.3 is 10.1 Å². The molecule has 0 aliphatic carbocycles. The summed E-state index contributed by atoms with van der Waals surface area (Å²) in [5, 5.41) is 3.67. The first-order valence-corrected chi connectivity index (χ1v) is 7.99. The van der Waals surface area contributed by atoms with Crippen molar-refractivity contribution in [3.63, 3.8) is 0 Å². The van der Waals surface area contributed by atoms with Gasteiger partial charge in [-0.05, 0) is 51.3 Å². The van der Waals surface area contributed by atoms with Gasteiger partial charge in [-0.1, -0.05) is 44.5 Å². The van der Waals surface area contributed by atoms with Crippen LogP contribution in [0.1, 0.15) is 63.3 Å². The summed E-state index contributed by atoms with van der Waals surface area (Å²) in [6.07, 6.45) is 2.03. The molecule has 0 aliphatic heterocycles. The van der Waals surface area contributed by atoms with Crippen LogP contribution in [-0.4, -0.2) is 18.8 Å². The first kappa shape index (κ1) is 17.2. The van der Waals surface area contributed by atoms with Crippen LogP contribution in [0.4, 0.5) is 0 Å². The normalized spacial score (nSPS) is 13.5. The lowest BCUT2D eigenvalue weighted by molar-refractivity contribution is -0.0731. The highest BCUT2D eigenvalue weighted by Gasteiger charge is 2.37. The van der Waals surface area contributed by atoms with Crippen molar-refractivity contribution >= 4 is 0 Å². The summed E-state index contributed by atoms with van der Waals surface area (Å²) >= 11 is 0. The summed E-state index contributed by atoms with van der Waals surface area (Å²) in [4.78, 5) is 0. The van der Waals surface area contributed by atoms with E-state index in [2.05, 4.69) is 65.1 Å². The van der Waals surface area contributed by atoms with Crippen LogP contribution < -0.4 is 5.32 Å². The zero-order valence-electron chi connectivity index (χ0n) is 14.0. The highest BCUT2D eigenvalue weighted by Crippen LogP contribution is 2.37. The van der Waals surface area contributed by atoms with Crippen molar-refractivity contribution in [1.29, 1.82) is 0 Å². The van der Waals surface area contributed by atoms with E-state index in [-0.39, 0.29) is 11.6 Å². The van der Waals surface area contributed by atoms with Gasteiger partial charge in [-0.25, -0.2) is 0 Å². The quantitative estimate of drug-likeness (QED) is 0.752. The fourth-order valence-corrected chi connectivity index (χ4v) is 3.09. The van der Waals surface area contributed by atoms with Crippen molar-refractivity contribution < 1.29 is 4.74 Å². The molecule has 1 atom stereocenters. The van der Waals surface area contributed by atoms with Crippen molar-refractivity contribution in [3.05, 3.63) is 34.9 Å². The standard InChI is InChI=1S/C18H31NO/c1-7-18(8-2,20-10-4)17(19-9-3)16-13-14(5)11-12-15(16)6/h11-13,17,19H,7-10H2,1-6H3. The van der Waals surface area contributed by atoms with Gasteiger partial charge in [-0.3, -0.25) is 0 Å². The fourth-order valence-electron chi connectivity index (χ4n) is 3.09. The zero-order chi connectivity index (χ0) is 15.2. The van der Waals surface area contributed by atoms with E-state index in [1.54, 1.807) is 0 Å². The zero-order valence-corrected chi connectivity index (χ0v) is 14.0. The van der Waals surface area contributed by atoms with Crippen LogP contribution in [0.5, 0.6) is 0 Å². The molecule has 114 valence electrons. The average Bonchev–Trinajstić information content (AvgIpc) is 2.45. The molecule has 2 nitrogen and oxygen atoms in total. The van der Waals surface area contributed by atoms with Gasteiger partial charge in [0.15, 0.2) is 0 Å². The summed E-state index contributed by atoms with van der Waals surface area (Å²) in [5.74, 6) is 0. The SMILES string of the molecule is CCNC(c1cc(C)ccc1C)C(CC)(CC)OCC. The van der Waals surface area contributed by atoms with Gasteiger partial charge in [-0.2, -0.15) is 0 Å². The van der Waals surface area contributed by atoms with Crippen LogP contribution in [0, 0.1) is 13.8 Å². The van der Waals surface area contributed by atoms with Crippen LogP contribution in [-0.2, 0) is 4.74 Å². The molecule has 0 bridgehead atoms. The lowest BCUT2D eigenvalue weighted by Gasteiger charge is -2.41. The largest absolute Gasteiger partial charge is 0.373 e. The average molecular weight is 277 g/mol. The monoisotopic (exact) mass is 277 g/mol. The molecule has 1 aromatic rings. The number of ether oxygens (including phenoxy) is 1. The van der Waals surface area contributed by atoms with E-state index in [1.807, 2.05) is 0 Å². The van der Waals surface area contributed by atoms with E-state index in [4.69, 9.17) is 4.74 Å². The smallest absolute Gasteiger partial charge is 0.0871 e. The minimum atomic E-state index is -0.122. The van der Waals surface area contributed by atoms with Crippen molar-refractivity contribution in [2.45, 2.75) is 66.0 Å². The molecule has 1 rings (SSSR count). The van der Waals surface area contributed by atoms with Crippen molar-refractivity contribution in [3.8, 4) is 0 Å². The lowest BCUT2D eigenvalue weighted by atomic mass is 9.81. The van der Waals surface area contributed by atoms with E-state index >= 15 is 0 Å². The van der Waals surface area contributed by atoms with Crippen LogP contribution in [0.25, 0.3) is 0 Å². The van der Waals surface area contributed by atoms with Crippen molar-refractivity contribution in [2.24, 2.45) is 0 Å². The minimum Gasteiger partial charge on any atom is -0.373 e. The molecule has 0 aromatic heterocycles. The first-order valence-electron chi connectivity index (χ1n) is 7.99. The van der Waals surface area contributed by atoms with Crippen LogP contribution in [0.3, 0.4) is 0 Å². The van der Waals surface area contributed by atoms with Crippen LogP contribution >= 0.6 is 0 Å². The van der Waals surface area contributed by atoms with E-state index in [9.17, 15) is 0 Å². The third-order valence-corrected chi connectivity index (χ3v) is 4.31. The van der Waals surface area contributed by atoms with Gasteiger partial charge in [0.25, 0.3) is 0 Å². The van der Waals surface area contributed by atoms with E-state index in [1.165, 1.54) is 16.7 Å². The molecule has 0 spiro atoms. The van der Waals surface area contributed by atoms with Gasteiger partial charge in [0.1, 0.15) is 0 Å². The van der Waals surface area contributed by atoms with E-state index in [0.29, 0.717) is 0 Å². The first-order chi connectivity index (χ1) is 9.54. The maximum absolute atomic E-state index is 6.23. The van der Waals surface area contributed by atoms with Gasteiger partial charge in [-0.15, -0.1) is 0 Å². The summed E-state index contributed by atoms with van der Waals surface area (Å²) in [6, 6.07) is 6.96. The highest BCUT2D eigenvalue weighted by atomic mass is 16.5. The maximum atomic E-state index is 6.23. The molecule has 0 saturated heterocycles. The second-order valence-electron chi connectivity index (χ2n) is 5.56. The summed E-state index contributed by atoms with van der Waals surface area (Å²) in [7, 11) is 0. The molecule has 0 fully saturated rings. The Bertz CT molecular complexity index is 410. The van der Waals surface area contributed by atoms with Gasteiger partial charge in [0.2, 0.25) is 0 Å². The molecular weight excluding hydrogens is 246 g/mol. The van der Waals surface area contributed by atoms with Crippen molar-refractivity contribution in [2.75, 3.05) is 13.2 Å². The van der Waals surface area contributed by atoms with Gasteiger partial charge in [0, 0.05) is 6.61 Å². The number of benzene rings is 1. The van der Waals surface area contributed by atoms with Gasteiger partial charge >= 0.3 is 0 Å². The highest BCUT2D eigenvalue weighted by molar-refractivity contribution is 5.35. The number of aryl methyl sites for hydroxylation is 2. The number of nitrogens with one attached hydrogen (secondary N) is 1. The molecule has 20 heavy (non-hydrogen) atoms. The number of hydrogen-bond donors (Lipinski definition) is 1. The second-order valence-corrected chi connectivity index (χ2v) is 5.56. The molecule has 0 saturated carbocycles. The Morgan fingerprint density at radius 3 is 2.25 bits per heavy atom. The Labute approximate surface area is 124 Å². The summed E-state index contributed by atoms with van der Waals surface area (Å²) in [6.45, 7) is 14.8. The summed E-state index contributed by atoms with van der Waals surface area (Å²) in [5.41, 5.74) is 3.91. The number of rotatable bonds is 8. The molecule has 0 heterocycles. The molecule has 1 N–H and O–H groups in total. The lowest BCUT2D eigenvalue weighted by Crippen LogP contribution is -2.46. The Morgan fingerprint density at radius 1 is 1.10 bits per heavy atom. The number of likely N-dealkylation sites (N-methyl/N-ethyl adjacent to an activating group) is 1. The second kappa shape index (κ2) is 7.80. The van der Waals surface area contributed by atoms with Gasteiger partial charge in [0.05, 0.1) is 11.6 Å². The minimum absolute atomic E-state index is 0.122.